The molecule has 2 nitrogen and oxygen atoms in total. The van der Waals surface area contributed by atoms with Crippen LogP contribution in [0.4, 0.5) is 0 Å². The quantitative estimate of drug-likeness (QED) is 0.542. The fourth-order valence-corrected chi connectivity index (χ4v) is 1.32. The molecule has 62 valence electrons. The van der Waals surface area contributed by atoms with Crippen LogP contribution in [-0.2, 0) is 4.74 Å². The first-order valence-electron chi connectivity index (χ1n) is 4.01. The van der Waals surface area contributed by atoms with E-state index in [1.165, 1.54) is 0 Å². The van der Waals surface area contributed by atoms with Gasteiger partial charge in [0.15, 0.2) is 0 Å². The second-order valence-corrected chi connectivity index (χ2v) is 2.81. The lowest BCUT2D eigenvalue weighted by Gasteiger charge is -2.10. The maximum absolute atomic E-state index is 5.23. The summed E-state index contributed by atoms with van der Waals surface area (Å²) in [6.45, 7) is 4.96. The van der Waals surface area contributed by atoms with E-state index in [1.54, 1.807) is 7.11 Å². The molecule has 0 aromatic rings. The molecule has 1 aliphatic heterocycles. The molecule has 1 aliphatic rings. The zero-order chi connectivity index (χ0) is 8.10. The minimum atomic E-state index is 0.439. The number of likely N-dealkylation sites (tertiary alicyclic amines) is 1. The number of nitrogens with zero attached hydrogens (tertiary/aromatic N) is 1. The Morgan fingerprint density at radius 3 is 3.00 bits per heavy atom. The summed E-state index contributed by atoms with van der Waals surface area (Å²) in [7, 11) is 1.78. The third kappa shape index (κ3) is 2.53. The summed E-state index contributed by atoms with van der Waals surface area (Å²) in [6, 6.07) is 0. The molecule has 1 heterocycles. The molecule has 0 unspecified atom stereocenters. The van der Waals surface area contributed by atoms with Crippen molar-refractivity contribution in [3.63, 3.8) is 0 Å². The van der Waals surface area contributed by atoms with Gasteiger partial charge in [-0.15, -0.1) is 5.92 Å². The lowest BCUT2D eigenvalue weighted by Crippen LogP contribution is -2.23. The maximum Gasteiger partial charge on any atom is 0.0710 e. The lowest BCUT2D eigenvalue weighted by atomic mass is 10.3. The molecule has 0 radical (unpaired) electrons. The second kappa shape index (κ2) is 4.38. The van der Waals surface area contributed by atoms with Crippen LogP contribution in [0.2, 0.25) is 0 Å². The van der Waals surface area contributed by atoms with Gasteiger partial charge < -0.3 is 4.74 Å². The highest BCUT2D eigenvalue weighted by Crippen LogP contribution is 2.10. The van der Waals surface area contributed by atoms with E-state index in [1.807, 2.05) is 6.92 Å². The summed E-state index contributed by atoms with van der Waals surface area (Å²) < 4.78 is 5.23. The molecule has 0 amide bonds. The molecule has 0 bridgehead atoms. The third-order valence-corrected chi connectivity index (χ3v) is 2.04. The van der Waals surface area contributed by atoms with E-state index in [9.17, 15) is 0 Å². The number of methoxy groups -OCH3 is 1. The van der Waals surface area contributed by atoms with Gasteiger partial charge in [-0.05, 0) is 13.3 Å². The van der Waals surface area contributed by atoms with Gasteiger partial charge in [0, 0.05) is 20.2 Å². The van der Waals surface area contributed by atoms with Crippen molar-refractivity contribution in [1.29, 1.82) is 0 Å². The molecule has 2 heteroatoms. The van der Waals surface area contributed by atoms with Gasteiger partial charge in [0.25, 0.3) is 0 Å². The molecule has 0 aliphatic carbocycles. The standard InChI is InChI=1S/C9H15NO/c1-3-4-6-10-7-5-9(8-10)11-2/h9H,5-8H2,1-2H3/t9-/m0/s1. The van der Waals surface area contributed by atoms with E-state index >= 15 is 0 Å². The summed E-state index contributed by atoms with van der Waals surface area (Å²) in [5.41, 5.74) is 0. The molecule has 1 saturated heterocycles. The van der Waals surface area contributed by atoms with Crippen LogP contribution < -0.4 is 0 Å². The van der Waals surface area contributed by atoms with E-state index in [-0.39, 0.29) is 0 Å². The van der Waals surface area contributed by atoms with Crippen molar-refractivity contribution >= 4 is 0 Å². The Morgan fingerprint density at radius 1 is 1.64 bits per heavy atom. The van der Waals surface area contributed by atoms with Crippen molar-refractivity contribution in [2.24, 2.45) is 0 Å². The average molecular weight is 153 g/mol. The Balaban J connectivity index is 2.22. The molecular weight excluding hydrogens is 138 g/mol. The maximum atomic E-state index is 5.23. The van der Waals surface area contributed by atoms with E-state index in [0.29, 0.717) is 6.10 Å². The topological polar surface area (TPSA) is 12.5 Å². The normalized spacial score (nSPS) is 24.7. The molecule has 1 rings (SSSR count). The minimum absolute atomic E-state index is 0.439. The van der Waals surface area contributed by atoms with Crippen molar-refractivity contribution in [3.05, 3.63) is 0 Å². The van der Waals surface area contributed by atoms with Crippen molar-refractivity contribution < 1.29 is 4.74 Å². The highest BCUT2D eigenvalue weighted by Gasteiger charge is 2.20. The van der Waals surface area contributed by atoms with Gasteiger partial charge >= 0.3 is 0 Å². The molecular formula is C9H15NO. The van der Waals surface area contributed by atoms with Crippen LogP contribution in [0, 0.1) is 11.8 Å². The van der Waals surface area contributed by atoms with Gasteiger partial charge in [-0.3, -0.25) is 4.90 Å². The van der Waals surface area contributed by atoms with Gasteiger partial charge in [-0.25, -0.2) is 0 Å². The van der Waals surface area contributed by atoms with Crippen molar-refractivity contribution in [1.82, 2.24) is 4.90 Å². The van der Waals surface area contributed by atoms with E-state index in [0.717, 1.165) is 26.1 Å². The molecule has 0 N–H and O–H groups in total. The van der Waals surface area contributed by atoms with Gasteiger partial charge in [-0.1, -0.05) is 5.92 Å². The highest BCUT2D eigenvalue weighted by molar-refractivity contribution is 4.99. The number of rotatable bonds is 2. The molecule has 0 saturated carbocycles. The number of hydrogen-bond acceptors (Lipinski definition) is 2. The summed E-state index contributed by atoms with van der Waals surface area (Å²) >= 11 is 0. The Morgan fingerprint density at radius 2 is 2.45 bits per heavy atom. The van der Waals surface area contributed by atoms with Gasteiger partial charge in [0.1, 0.15) is 0 Å². The van der Waals surface area contributed by atoms with Gasteiger partial charge in [0.05, 0.1) is 12.6 Å². The van der Waals surface area contributed by atoms with Crippen molar-refractivity contribution in [3.8, 4) is 11.8 Å². The van der Waals surface area contributed by atoms with Crippen LogP contribution >= 0.6 is 0 Å². The third-order valence-electron chi connectivity index (χ3n) is 2.04. The summed E-state index contributed by atoms with van der Waals surface area (Å²) in [4.78, 5) is 2.32. The average Bonchev–Trinajstić information content (AvgIpc) is 2.48. The molecule has 1 atom stereocenters. The summed E-state index contributed by atoms with van der Waals surface area (Å²) in [5, 5.41) is 0. The Bertz CT molecular complexity index is 168. The van der Waals surface area contributed by atoms with Crippen LogP contribution in [0.15, 0.2) is 0 Å². The second-order valence-electron chi connectivity index (χ2n) is 2.81. The van der Waals surface area contributed by atoms with E-state index < -0.39 is 0 Å². The van der Waals surface area contributed by atoms with Gasteiger partial charge in [-0.2, -0.15) is 0 Å². The van der Waals surface area contributed by atoms with Crippen molar-refractivity contribution in [2.45, 2.75) is 19.4 Å². The first kappa shape index (κ1) is 8.58. The van der Waals surface area contributed by atoms with Gasteiger partial charge in [0.2, 0.25) is 0 Å². The molecule has 0 spiro atoms. The molecule has 11 heavy (non-hydrogen) atoms. The number of hydrogen-bond donors (Lipinski definition) is 0. The minimum Gasteiger partial charge on any atom is -0.380 e. The predicted octanol–water partition coefficient (Wildman–Crippen LogP) is 0.730. The highest BCUT2D eigenvalue weighted by atomic mass is 16.5. The Labute approximate surface area is 68.5 Å². The predicted molar refractivity (Wildman–Crippen MR) is 45.3 cm³/mol. The fraction of sp³-hybridized carbons (Fsp3) is 0.778. The Hall–Kier alpha value is -0.520. The zero-order valence-electron chi connectivity index (χ0n) is 7.26. The van der Waals surface area contributed by atoms with Crippen molar-refractivity contribution in [2.75, 3.05) is 26.7 Å². The molecule has 0 aromatic carbocycles. The largest absolute Gasteiger partial charge is 0.380 e. The van der Waals surface area contributed by atoms with Crippen LogP contribution in [-0.4, -0.2) is 37.7 Å². The van der Waals surface area contributed by atoms with Crippen LogP contribution in [0.3, 0.4) is 0 Å². The fourth-order valence-electron chi connectivity index (χ4n) is 1.32. The van der Waals surface area contributed by atoms with Crippen LogP contribution in [0.5, 0.6) is 0 Å². The first-order chi connectivity index (χ1) is 5.36. The monoisotopic (exact) mass is 153 g/mol. The molecule has 0 aromatic heterocycles. The summed E-state index contributed by atoms with van der Waals surface area (Å²) in [6.07, 6.45) is 1.59. The van der Waals surface area contributed by atoms with Crippen LogP contribution in [0.1, 0.15) is 13.3 Å². The SMILES string of the molecule is CC#CCN1CC[C@H](OC)C1. The first-order valence-corrected chi connectivity index (χ1v) is 4.01. The smallest absolute Gasteiger partial charge is 0.0710 e. The lowest BCUT2D eigenvalue weighted by molar-refractivity contribution is 0.110. The number of ether oxygens (including phenoxy) is 1. The van der Waals surface area contributed by atoms with Crippen LogP contribution in [0.25, 0.3) is 0 Å². The Kier molecular flexibility index (Phi) is 3.41. The zero-order valence-corrected chi connectivity index (χ0v) is 7.26. The van der Waals surface area contributed by atoms with E-state index in [4.69, 9.17) is 4.74 Å². The molecule has 1 fully saturated rings. The van der Waals surface area contributed by atoms with E-state index in [2.05, 4.69) is 16.7 Å². The summed E-state index contributed by atoms with van der Waals surface area (Å²) in [5.74, 6) is 5.95.